The molecule has 1 aliphatic carbocycles. The number of nitrogens with zero attached hydrogens (tertiary/aromatic N) is 2. The Morgan fingerprint density at radius 1 is 1.43 bits per heavy atom. The van der Waals surface area contributed by atoms with Crippen molar-refractivity contribution >= 4 is 5.91 Å². The molecule has 5 heteroatoms. The van der Waals surface area contributed by atoms with Crippen LogP contribution in [0.5, 0.6) is 0 Å². The number of likely N-dealkylation sites (tertiary alicyclic amines) is 1. The smallest absolute Gasteiger partial charge is 0.224 e. The number of rotatable bonds is 7. The van der Waals surface area contributed by atoms with E-state index in [4.69, 9.17) is 0 Å². The molecule has 0 aromatic rings. The molecule has 1 saturated heterocycles. The minimum atomic E-state index is -0.416. The molecule has 1 saturated carbocycles. The molecule has 1 amide bonds. The van der Waals surface area contributed by atoms with Crippen LogP contribution in [0, 0.1) is 23.2 Å². The van der Waals surface area contributed by atoms with Gasteiger partial charge in [-0.05, 0) is 51.1 Å². The van der Waals surface area contributed by atoms with Crippen LogP contribution in [-0.4, -0.2) is 49.6 Å². The molecule has 2 rings (SSSR count). The molecule has 0 aromatic carbocycles. The van der Waals surface area contributed by atoms with E-state index in [2.05, 4.69) is 28.5 Å². The van der Waals surface area contributed by atoms with Crippen molar-refractivity contribution in [2.75, 3.05) is 33.2 Å². The van der Waals surface area contributed by atoms with Crippen molar-refractivity contribution in [1.82, 2.24) is 15.5 Å². The molecule has 2 fully saturated rings. The van der Waals surface area contributed by atoms with Crippen LogP contribution in [0.15, 0.2) is 0 Å². The summed E-state index contributed by atoms with van der Waals surface area (Å²) < 4.78 is 0. The summed E-state index contributed by atoms with van der Waals surface area (Å²) in [6.45, 7) is 5.55. The van der Waals surface area contributed by atoms with Crippen LogP contribution in [-0.2, 0) is 4.79 Å². The fraction of sp³-hybridized carbons (Fsp3) is 0.875. The monoisotopic (exact) mass is 292 g/mol. The van der Waals surface area contributed by atoms with Crippen LogP contribution in [0.3, 0.4) is 0 Å². The Hall–Kier alpha value is -1.12. The molecule has 0 bridgehead atoms. The van der Waals surface area contributed by atoms with Gasteiger partial charge in [-0.2, -0.15) is 5.26 Å². The standard InChI is InChI=1S/C16H28N4O/c1-3-8-19-16(11-17,14-6-7-14)12-20-9-4-5-13(10-20)15(21)18-2/h13-14,19H,3-10,12H2,1-2H3,(H,18,21). The third-order valence-electron chi connectivity index (χ3n) is 4.76. The summed E-state index contributed by atoms with van der Waals surface area (Å²) in [7, 11) is 1.70. The number of hydrogen-bond donors (Lipinski definition) is 2. The highest BCUT2D eigenvalue weighted by Gasteiger charge is 2.46. The summed E-state index contributed by atoms with van der Waals surface area (Å²) in [4.78, 5) is 14.2. The second kappa shape index (κ2) is 7.24. The molecule has 0 aromatic heterocycles. The van der Waals surface area contributed by atoms with Crippen LogP contribution in [0.25, 0.3) is 0 Å². The first kappa shape index (κ1) is 16.3. The van der Waals surface area contributed by atoms with E-state index in [0.717, 1.165) is 58.3 Å². The van der Waals surface area contributed by atoms with E-state index in [1.54, 1.807) is 7.05 Å². The third kappa shape index (κ3) is 3.96. The lowest BCUT2D eigenvalue weighted by Gasteiger charge is -2.38. The molecular weight excluding hydrogens is 264 g/mol. The second-order valence-corrected chi connectivity index (χ2v) is 6.47. The quantitative estimate of drug-likeness (QED) is 0.738. The molecule has 0 radical (unpaired) electrons. The highest BCUT2D eigenvalue weighted by atomic mass is 16.1. The maximum Gasteiger partial charge on any atom is 0.224 e. The van der Waals surface area contributed by atoms with Gasteiger partial charge in [0.2, 0.25) is 5.91 Å². The Morgan fingerprint density at radius 2 is 2.19 bits per heavy atom. The Balaban J connectivity index is 1.99. The molecule has 2 atom stereocenters. The SMILES string of the molecule is CCCNC(C#N)(CN1CCCC(C(=O)NC)C1)C1CC1. The van der Waals surface area contributed by atoms with Crippen molar-refractivity contribution in [2.24, 2.45) is 11.8 Å². The van der Waals surface area contributed by atoms with E-state index in [-0.39, 0.29) is 11.8 Å². The van der Waals surface area contributed by atoms with Gasteiger partial charge in [0.25, 0.3) is 0 Å². The predicted octanol–water partition coefficient (Wildman–Crippen LogP) is 1.12. The van der Waals surface area contributed by atoms with Gasteiger partial charge in [-0.15, -0.1) is 0 Å². The maximum absolute atomic E-state index is 11.8. The van der Waals surface area contributed by atoms with Gasteiger partial charge in [0.15, 0.2) is 0 Å². The van der Waals surface area contributed by atoms with Crippen LogP contribution in [0.2, 0.25) is 0 Å². The molecule has 2 unspecified atom stereocenters. The van der Waals surface area contributed by atoms with Crippen LogP contribution in [0.1, 0.15) is 39.0 Å². The lowest BCUT2D eigenvalue weighted by Crippen LogP contribution is -2.56. The first-order chi connectivity index (χ1) is 10.1. The van der Waals surface area contributed by atoms with Gasteiger partial charge in [-0.1, -0.05) is 6.92 Å². The largest absolute Gasteiger partial charge is 0.359 e. The molecule has 21 heavy (non-hydrogen) atoms. The number of carbonyl (C=O) groups is 1. The molecule has 0 spiro atoms. The summed E-state index contributed by atoms with van der Waals surface area (Å²) in [5, 5.41) is 16.0. The fourth-order valence-electron chi connectivity index (χ4n) is 3.39. The Bertz CT molecular complexity index is 402. The van der Waals surface area contributed by atoms with E-state index in [9.17, 15) is 10.1 Å². The summed E-state index contributed by atoms with van der Waals surface area (Å²) in [6, 6.07) is 2.56. The molecule has 2 aliphatic rings. The summed E-state index contributed by atoms with van der Waals surface area (Å²) in [5.41, 5.74) is -0.416. The van der Waals surface area contributed by atoms with Crippen LogP contribution >= 0.6 is 0 Å². The first-order valence-electron chi connectivity index (χ1n) is 8.25. The van der Waals surface area contributed by atoms with E-state index >= 15 is 0 Å². The predicted molar refractivity (Wildman–Crippen MR) is 82.6 cm³/mol. The van der Waals surface area contributed by atoms with Crippen LogP contribution in [0.4, 0.5) is 0 Å². The average Bonchev–Trinajstić information content (AvgIpc) is 3.36. The van der Waals surface area contributed by atoms with Crippen molar-refractivity contribution in [3.63, 3.8) is 0 Å². The zero-order valence-electron chi connectivity index (χ0n) is 13.3. The average molecular weight is 292 g/mol. The van der Waals surface area contributed by atoms with Gasteiger partial charge in [0.05, 0.1) is 12.0 Å². The third-order valence-corrected chi connectivity index (χ3v) is 4.76. The normalized spacial score (nSPS) is 25.9. The Labute approximate surface area is 128 Å². The number of nitrogens with one attached hydrogen (secondary N) is 2. The van der Waals surface area contributed by atoms with Crippen molar-refractivity contribution in [1.29, 1.82) is 5.26 Å². The highest BCUT2D eigenvalue weighted by Crippen LogP contribution is 2.40. The first-order valence-corrected chi connectivity index (χ1v) is 8.25. The number of piperidine rings is 1. The Morgan fingerprint density at radius 3 is 2.76 bits per heavy atom. The zero-order chi connectivity index (χ0) is 15.3. The van der Waals surface area contributed by atoms with Crippen molar-refractivity contribution in [3.05, 3.63) is 0 Å². The van der Waals surface area contributed by atoms with E-state index in [1.807, 2.05) is 0 Å². The van der Waals surface area contributed by atoms with Crippen LogP contribution < -0.4 is 10.6 Å². The lowest BCUT2D eigenvalue weighted by molar-refractivity contribution is -0.126. The molecular formula is C16H28N4O. The van der Waals surface area contributed by atoms with Gasteiger partial charge in [0.1, 0.15) is 5.54 Å². The molecule has 5 nitrogen and oxygen atoms in total. The minimum absolute atomic E-state index is 0.0746. The van der Waals surface area contributed by atoms with Gasteiger partial charge in [0, 0.05) is 20.1 Å². The summed E-state index contributed by atoms with van der Waals surface area (Å²) >= 11 is 0. The summed E-state index contributed by atoms with van der Waals surface area (Å²) in [5.74, 6) is 0.690. The number of hydrogen-bond acceptors (Lipinski definition) is 4. The topological polar surface area (TPSA) is 68.2 Å². The molecule has 2 N–H and O–H groups in total. The van der Waals surface area contributed by atoms with E-state index in [1.165, 1.54) is 0 Å². The molecule has 118 valence electrons. The van der Waals surface area contributed by atoms with E-state index < -0.39 is 5.54 Å². The van der Waals surface area contributed by atoms with Gasteiger partial charge in [-0.25, -0.2) is 0 Å². The number of amides is 1. The fourth-order valence-corrected chi connectivity index (χ4v) is 3.39. The minimum Gasteiger partial charge on any atom is -0.359 e. The van der Waals surface area contributed by atoms with Gasteiger partial charge >= 0.3 is 0 Å². The van der Waals surface area contributed by atoms with Crippen molar-refractivity contribution < 1.29 is 4.79 Å². The van der Waals surface area contributed by atoms with Gasteiger partial charge in [-0.3, -0.25) is 15.0 Å². The molecule has 1 heterocycles. The number of carbonyl (C=O) groups excluding carboxylic acids is 1. The molecule has 1 aliphatic heterocycles. The Kier molecular flexibility index (Phi) is 5.60. The summed E-state index contributed by atoms with van der Waals surface area (Å²) in [6.07, 6.45) is 5.34. The number of nitriles is 1. The van der Waals surface area contributed by atoms with Crippen molar-refractivity contribution in [2.45, 2.75) is 44.6 Å². The van der Waals surface area contributed by atoms with Crippen molar-refractivity contribution in [3.8, 4) is 6.07 Å². The zero-order valence-corrected chi connectivity index (χ0v) is 13.3. The second-order valence-electron chi connectivity index (χ2n) is 6.47. The van der Waals surface area contributed by atoms with E-state index in [0.29, 0.717) is 5.92 Å². The van der Waals surface area contributed by atoms with Gasteiger partial charge < -0.3 is 5.32 Å². The lowest BCUT2D eigenvalue weighted by atomic mass is 9.90. The highest BCUT2D eigenvalue weighted by molar-refractivity contribution is 5.78. The maximum atomic E-state index is 11.8.